The molecule has 0 aromatic carbocycles. The molecule has 0 saturated carbocycles. The smallest absolute Gasteiger partial charge is 0.246 e. The fraction of sp³-hybridized carbons (Fsp3) is 0.769. The van der Waals surface area contributed by atoms with Crippen LogP contribution in [0.4, 0.5) is 0 Å². The first-order chi connectivity index (χ1) is 7.74. The lowest BCUT2D eigenvalue weighted by Gasteiger charge is -2.22. The van der Waals surface area contributed by atoms with E-state index in [4.69, 9.17) is 0 Å². The van der Waals surface area contributed by atoms with Crippen LogP contribution in [0.25, 0.3) is 0 Å². The lowest BCUT2D eigenvalue weighted by Crippen LogP contribution is -2.33. The maximum atomic E-state index is 11.6. The van der Waals surface area contributed by atoms with E-state index in [9.17, 15) is 4.79 Å². The van der Waals surface area contributed by atoms with E-state index >= 15 is 0 Å². The molecule has 0 aromatic rings. The van der Waals surface area contributed by atoms with Crippen LogP contribution in [0.1, 0.15) is 39.5 Å². The zero-order chi connectivity index (χ0) is 11.8. The zero-order valence-electron chi connectivity index (χ0n) is 10.5. The molecule has 3 heteroatoms. The summed E-state index contributed by atoms with van der Waals surface area (Å²) in [5, 5.41) is 6.37. The topological polar surface area (TPSA) is 41.1 Å². The quantitative estimate of drug-likeness (QED) is 0.700. The highest BCUT2D eigenvalue weighted by atomic mass is 16.1. The molecular weight excluding hydrogens is 200 g/mol. The number of hydrogen-bond acceptors (Lipinski definition) is 2. The molecule has 1 unspecified atom stereocenters. The van der Waals surface area contributed by atoms with Crippen LogP contribution in [0, 0.1) is 5.92 Å². The number of allylic oxidation sites excluding steroid dienone is 1. The number of hydrogen-bond donors (Lipinski definition) is 2. The van der Waals surface area contributed by atoms with Crippen LogP contribution in [-0.2, 0) is 4.79 Å². The van der Waals surface area contributed by atoms with Gasteiger partial charge in [0.1, 0.15) is 0 Å². The van der Waals surface area contributed by atoms with E-state index in [-0.39, 0.29) is 5.91 Å². The summed E-state index contributed by atoms with van der Waals surface area (Å²) in [6.07, 6.45) is 6.56. The minimum Gasteiger partial charge on any atom is -0.352 e. The lowest BCUT2D eigenvalue weighted by molar-refractivity contribution is -0.117. The summed E-state index contributed by atoms with van der Waals surface area (Å²) >= 11 is 0. The van der Waals surface area contributed by atoms with Crippen molar-refractivity contribution in [2.24, 2.45) is 5.92 Å². The molecule has 3 nitrogen and oxygen atoms in total. The molecule has 1 saturated heterocycles. The average molecular weight is 224 g/mol. The van der Waals surface area contributed by atoms with E-state index in [1.165, 1.54) is 12.8 Å². The first kappa shape index (κ1) is 13.2. The van der Waals surface area contributed by atoms with Crippen LogP contribution >= 0.6 is 0 Å². The Morgan fingerprint density at radius 1 is 1.56 bits per heavy atom. The number of rotatable bonds is 5. The van der Waals surface area contributed by atoms with Gasteiger partial charge in [-0.1, -0.05) is 13.0 Å². The van der Waals surface area contributed by atoms with Crippen LogP contribution in [0.15, 0.2) is 11.6 Å². The molecular formula is C13H24N2O. The van der Waals surface area contributed by atoms with Crippen molar-refractivity contribution in [3.05, 3.63) is 11.6 Å². The van der Waals surface area contributed by atoms with E-state index in [1.54, 1.807) is 0 Å². The molecule has 1 heterocycles. The Kier molecular flexibility index (Phi) is 6.16. The van der Waals surface area contributed by atoms with E-state index in [0.717, 1.165) is 44.0 Å². The highest BCUT2D eigenvalue weighted by molar-refractivity contribution is 5.92. The molecule has 0 bridgehead atoms. The van der Waals surface area contributed by atoms with Crippen LogP contribution < -0.4 is 10.6 Å². The molecule has 0 spiro atoms. The third kappa shape index (κ3) is 4.79. The predicted octanol–water partition coefficient (Wildman–Crippen LogP) is 1.85. The van der Waals surface area contributed by atoms with Gasteiger partial charge in [-0.3, -0.25) is 4.79 Å². The Bertz CT molecular complexity index is 242. The van der Waals surface area contributed by atoms with Crippen molar-refractivity contribution >= 4 is 5.91 Å². The Morgan fingerprint density at radius 2 is 2.38 bits per heavy atom. The minimum absolute atomic E-state index is 0.0885. The standard InChI is InChI=1S/C13H24N2O/c1-3-5-11(2)13(16)15-9-7-12-6-4-8-14-10-12/h5,12,14H,3-4,6-10H2,1-2H3,(H,15,16)/b11-5-. The van der Waals surface area contributed by atoms with Gasteiger partial charge in [0.05, 0.1) is 0 Å². The Hall–Kier alpha value is -0.830. The molecule has 92 valence electrons. The van der Waals surface area contributed by atoms with Gasteiger partial charge < -0.3 is 10.6 Å². The fourth-order valence-electron chi connectivity index (χ4n) is 2.10. The molecule has 1 fully saturated rings. The van der Waals surface area contributed by atoms with Crippen LogP contribution in [-0.4, -0.2) is 25.5 Å². The second-order valence-electron chi connectivity index (χ2n) is 4.55. The summed E-state index contributed by atoms with van der Waals surface area (Å²) in [6.45, 7) is 6.99. The zero-order valence-corrected chi connectivity index (χ0v) is 10.5. The van der Waals surface area contributed by atoms with Gasteiger partial charge in [0, 0.05) is 12.1 Å². The Labute approximate surface area is 98.7 Å². The van der Waals surface area contributed by atoms with Crippen molar-refractivity contribution in [2.45, 2.75) is 39.5 Å². The first-order valence-corrected chi connectivity index (χ1v) is 6.39. The monoisotopic (exact) mass is 224 g/mol. The first-order valence-electron chi connectivity index (χ1n) is 6.39. The summed E-state index contributed by atoms with van der Waals surface area (Å²) < 4.78 is 0. The molecule has 2 N–H and O–H groups in total. The molecule has 1 rings (SSSR count). The minimum atomic E-state index is 0.0885. The highest BCUT2D eigenvalue weighted by Gasteiger charge is 2.12. The van der Waals surface area contributed by atoms with Gasteiger partial charge in [-0.05, 0) is 51.6 Å². The SMILES string of the molecule is CC/C=C(/C)C(=O)NCCC1CCCNC1. The summed E-state index contributed by atoms with van der Waals surface area (Å²) in [5.74, 6) is 0.829. The molecule has 0 aliphatic carbocycles. The molecule has 0 radical (unpaired) electrons. The summed E-state index contributed by atoms with van der Waals surface area (Å²) in [7, 11) is 0. The lowest BCUT2D eigenvalue weighted by atomic mass is 9.96. The van der Waals surface area contributed by atoms with Crippen LogP contribution in [0.5, 0.6) is 0 Å². The molecule has 0 aromatic heterocycles. The number of amides is 1. The van der Waals surface area contributed by atoms with Crippen molar-refractivity contribution in [2.75, 3.05) is 19.6 Å². The van der Waals surface area contributed by atoms with Gasteiger partial charge >= 0.3 is 0 Å². The van der Waals surface area contributed by atoms with Crippen molar-refractivity contribution in [3.63, 3.8) is 0 Å². The van der Waals surface area contributed by atoms with Crippen molar-refractivity contribution in [3.8, 4) is 0 Å². The van der Waals surface area contributed by atoms with Gasteiger partial charge in [0.2, 0.25) is 5.91 Å². The molecule has 1 aliphatic heterocycles. The van der Waals surface area contributed by atoms with Gasteiger partial charge in [-0.2, -0.15) is 0 Å². The Morgan fingerprint density at radius 3 is 3.00 bits per heavy atom. The van der Waals surface area contributed by atoms with Gasteiger partial charge in [0.25, 0.3) is 0 Å². The van der Waals surface area contributed by atoms with Gasteiger partial charge in [-0.15, -0.1) is 0 Å². The van der Waals surface area contributed by atoms with E-state index in [0.29, 0.717) is 0 Å². The molecule has 16 heavy (non-hydrogen) atoms. The van der Waals surface area contributed by atoms with Crippen molar-refractivity contribution in [1.29, 1.82) is 0 Å². The summed E-state index contributed by atoms with van der Waals surface area (Å²) in [6, 6.07) is 0. The second kappa shape index (κ2) is 7.44. The van der Waals surface area contributed by atoms with Crippen molar-refractivity contribution in [1.82, 2.24) is 10.6 Å². The van der Waals surface area contributed by atoms with E-state index in [1.807, 2.05) is 19.9 Å². The van der Waals surface area contributed by atoms with Gasteiger partial charge in [-0.25, -0.2) is 0 Å². The maximum absolute atomic E-state index is 11.6. The van der Waals surface area contributed by atoms with Crippen LogP contribution in [0.3, 0.4) is 0 Å². The summed E-state index contributed by atoms with van der Waals surface area (Å²) in [4.78, 5) is 11.6. The number of piperidine rings is 1. The highest BCUT2D eigenvalue weighted by Crippen LogP contribution is 2.12. The largest absolute Gasteiger partial charge is 0.352 e. The van der Waals surface area contributed by atoms with Crippen LogP contribution in [0.2, 0.25) is 0 Å². The average Bonchev–Trinajstić information content (AvgIpc) is 2.30. The normalized spacial score (nSPS) is 21.9. The van der Waals surface area contributed by atoms with Gasteiger partial charge in [0.15, 0.2) is 0 Å². The fourth-order valence-corrected chi connectivity index (χ4v) is 2.10. The third-order valence-electron chi connectivity index (χ3n) is 3.11. The molecule has 1 aliphatic rings. The number of nitrogens with one attached hydrogen (secondary N) is 2. The molecule has 1 amide bonds. The predicted molar refractivity (Wildman–Crippen MR) is 67.3 cm³/mol. The number of carbonyl (C=O) groups is 1. The van der Waals surface area contributed by atoms with E-state index < -0.39 is 0 Å². The molecule has 1 atom stereocenters. The number of carbonyl (C=O) groups excluding carboxylic acids is 1. The second-order valence-corrected chi connectivity index (χ2v) is 4.55. The Balaban J connectivity index is 2.14. The van der Waals surface area contributed by atoms with Crippen molar-refractivity contribution < 1.29 is 4.79 Å². The third-order valence-corrected chi connectivity index (χ3v) is 3.11. The maximum Gasteiger partial charge on any atom is 0.246 e. The van der Waals surface area contributed by atoms with E-state index in [2.05, 4.69) is 10.6 Å². The summed E-state index contributed by atoms with van der Waals surface area (Å²) in [5.41, 5.74) is 0.837.